The largest absolute Gasteiger partial charge is 0.335 e. The van der Waals surface area contributed by atoms with Crippen LogP contribution in [0.3, 0.4) is 0 Å². The predicted octanol–water partition coefficient (Wildman–Crippen LogP) is 3.55. The van der Waals surface area contributed by atoms with Crippen molar-refractivity contribution in [3.8, 4) is 10.6 Å². The highest BCUT2D eigenvalue weighted by Crippen LogP contribution is 2.23. The van der Waals surface area contributed by atoms with Crippen LogP contribution in [0.2, 0.25) is 0 Å². The van der Waals surface area contributed by atoms with E-state index in [-0.39, 0.29) is 6.03 Å². The van der Waals surface area contributed by atoms with E-state index >= 15 is 0 Å². The van der Waals surface area contributed by atoms with Crippen LogP contribution in [0.1, 0.15) is 31.2 Å². The number of aromatic nitrogens is 1. The zero-order valence-electron chi connectivity index (χ0n) is 11.8. The van der Waals surface area contributed by atoms with Crippen LogP contribution in [-0.4, -0.2) is 17.1 Å². The first-order chi connectivity index (χ1) is 10.3. The molecule has 0 spiro atoms. The van der Waals surface area contributed by atoms with Gasteiger partial charge in [-0.1, -0.05) is 18.9 Å². The molecule has 0 aromatic carbocycles. The van der Waals surface area contributed by atoms with E-state index in [2.05, 4.69) is 21.7 Å². The van der Waals surface area contributed by atoms with Gasteiger partial charge in [0.15, 0.2) is 0 Å². The molecule has 2 amide bonds. The van der Waals surface area contributed by atoms with Gasteiger partial charge in [-0.2, -0.15) is 0 Å². The van der Waals surface area contributed by atoms with Crippen LogP contribution < -0.4 is 10.6 Å². The third kappa shape index (κ3) is 3.82. The molecule has 0 saturated heterocycles. The first-order valence-electron chi connectivity index (χ1n) is 7.34. The number of thiophene rings is 1. The normalized spacial score (nSPS) is 15.0. The quantitative estimate of drug-likeness (QED) is 0.907. The van der Waals surface area contributed by atoms with Crippen molar-refractivity contribution in [2.45, 2.75) is 38.3 Å². The first kappa shape index (κ1) is 14.1. The van der Waals surface area contributed by atoms with E-state index in [4.69, 9.17) is 0 Å². The van der Waals surface area contributed by atoms with Crippen molar-refractivity contribution in [2.75, 3.05) is 0 Å². The highest BCUT2D eigenvalue weighted by atomic mass is 32.1. The van der Waals surface area contributed by atoms with Crippen LogP contribution in [0.25, 0.3) is 10.6 Å². The van der Waals surface area contributed by atoms with Gasteiger partial charge in [0.25, 0.3) is 0 Å². The van der Waals surface area contributed by atoms with Gasteiger partial charge in [0.05, 0.1) is 10.6 Å². The second-order valence-corrected chi connectivity index (χ2v) is 6.28. The molecule has 5 heteroatoms. The molecule has 0 aliphatic heterocycles. The Morgan fingerprint density at radius 1 is 1.33 bits per heavy atom. The van der Waals surface area contributed by atoms with E-state index in [1.54, 1.807) is 17.5 Å². The number of hydrogen-bond donors (Lipinski definition) is 2. The van der Waals surface area contributed by atoms with Gasteiger partial charge in [-0.15, -0.1) is 11.3 Å². The molecule has 3 rings (SSSR count). The van der Waals surface area contributed by atoms with Crippen LogP contribution in [0.4, 0.5) is 4.79 Å². The molecule has 2 aromatic rings. The SMILES string of the molecule is O=C(NCc1ccnc(-c2cccs2)c1)NC1CCCC1. The van der Waals surface area contributed by atoms with Crippen LogP contribution >= 0.6 is 11.3 Å². The first-order valence-corrected chi connectivity index (χ1v) is 8.22. The van der Waals surface area contributed by atoms with E-state index in [1.807, 2.05) is 23.6 Å². The lowest BCUT2D eigenvalue weighted by Gasteiger charge is -2.13. The zero-order valence-corrected chi connectivity index (χ0v) is 12.7. The molecule has 0 atom stereocenters. The van der Waals surface area contributed by atoms with Crippen LogP contribution in [-0.2, 0) is 6.54 Å². The third-order valence-electron chi connectivity index (χ3n) is 3.74. The summed E-state index contributed by atoms with van der Waals surface area (Å²) in [6.07, 6.45) is 6.44. The lowest BCUT2D eigenvalue weighted by molar-refractivity contribution is 0.236. The molecular weight excluding hydrogens is 282 g/mol. The second kappa shape index (κ2) is 6.72. The summed E-state index contributed by atoms with van der Waals surface area (Å²) in [5.74, 6) is 0. The van der Waals surface area contributed by atoms with Gasteiger partial charge >= 0.3 is 6.03 Å². The molecule has 0 unspecified atom stereocenters. The highest BCUT2D eigenvalue weighted by molar-refractivity contribution is 7.13. The van der Waals surface area contributed by atoms with Gasteiger partial charge in [-0.25, -0.2) is 4.79 Å². The van der Waals surface area contributed by atoms with Crippen molar-refractivity contribution in [1.29, 1.82) is 0 Å². The molecule has 2 heterocycles. The Kier molecular flexibility index (Phi) is 4.50. The number of amides is 2. The van der Waals surface area contributed by atoms with Crippen molar-refractivity contribution in [2.24, 2.45) is 0 Å². The van der Waals surface area contributed by atoms with E-state index in [0.717, 1.165) is 29.0 Å². The Balaban J connectivity index is 1.55. The smallest absolute Gasteiger partial charge is 0.315 e. The minimum absolute atomic E-state index is 0.0728. The number of nitrogens with one attached hydrogen (secondary N) is 2. The molecule has 2 aromatic heterocycles. The number of carbonyl (C=O) groups is 1. The van der Waals surface area contributed by atoms with Gasteiger partial charge in [0.1, 0.15) is 0 Å². The summed E-state index contributed by atoms with van der Waals surface area (Å²) in [5.41, 5.74) is 2.02. The minimum atomic E-state index is -0.0728. The van der Waals surface area contributed by atoms with Gasteiger partial charge in [-0.05, 0) is 42.0 Å². The van der Waals surface area contributed by atoms with E-state index in [9.17, 15) is 4.79 Å². The monoisotopic (exact) mass is 301 g/mol. The van der Waals surface area contributed by atoms with Crippen molar-refractivity contribution in [3.63, 3.8) is 0 Å². The Bertz CT molecular complexity index is 591. The number of hydrogen-bond acceptors (Lipinski definition) is 3. The molecule has 110 valence electrons. The number of rotatable bonds is 4. The molecule has 1 saturated carbocycles. The molecule has 1 aliphatic carbocycles. The van der Waals surface area contributed by atoms with Gasteiger partial charge < -0.3 is 10.6 Å². The molecule has 0 radical (unpaired) electrons. The molecule has 2 N–H and O–H groups in total. The van der Waals surface area contributed by atoms with Crippen LogP contribution in [0.5, 0.6) is 0 Å². The fraction of sp³-hybridized carbons (Fsp3) is 0.375. The Morgan fingerprint density at radius 3 is 2.95 bits per heavy atom. The fourth-order valence-corrected chi connectivity index (χ4v) is 3.33. The van der Waals surface area contributed by atoms with E-state index < -0.39 is 0 Å². The Hall–Kier alpha value is -1.88. The highest BCUT2D eigenvalue weighted by Gasteiger charge is 2.16. The number of urea groups is 1. The summed E-state index contributed by atoms with van der Waals surface area (Å²) >= 11 is 1.67. The summed E-state index contributed by atoms with van der Waals surface area (Å²) in [7, 11) is 0. The zero-order chi connectivity index (χ0) is 14.5. The minimum Gasteiger partial charge on any atom is -0.335 e. The van der Waals surface area contributed by atoms with Crippen LogP contribution in [0.15, 0.2) is 35.8 Å². The number of pyridine rings is 1. The molecular formula is C16H19N3OS. The summed E-state index contributed by atoms with van der Waals surface area (Å²) in [6, 6.07) is 8.31. The lowest BCUT2D eigenvalue weighted by Crippen LogP contribution is -2.40. The average molecular weight is 301 g/mol. The maximum atomic E-state index is 11.9. The topological polar surface area (TPSA) is 54.0 Å². The van der Waals surface area contributed by atoms with E-state index in [0.29, 0.717) is 12.6 Å². The molecule has 1 aliphatic rings. The van der Waals surface area contributed by atoms with Gasteiger partial charge in [-0.3, -0.25) is 4.98 Å². The third-order valence-corrected chi connectivity index (χ3v) is 4.63. The van der Waals surface area contributed by atoms with Gasteiger partial charge in [0, 0.05) is 18.8 Å². The van der Waals surface area contributed by atoms with Crippen molar-refractivity contribution in [1.82, 2.24) is 15.6 Å². The Labute approximate surface area is 128 Å². The maximum absolute atomic E-state index is 11.9. The fourth-order valence-electron chi connectivity index (χ4n) is 2.63. The average Bonchev–Trinajstić information content (AvgIpc) is 3.19. The van der Waals surface area contributed by atoms with Crippen molar-refractivity contribution < 1.29 is 4.79 Å². The van der Waals surface area contributed by atoms with Crippen molar-refractivity contribution in [3.05, 3.63) is 41.4 Å². The van der Waals surface area contributed by atoms with Gasteiger partial charge in [0.2, 0.25) is 0 Å². The lowest BCUT2D eigenvalue weighted by atomic mass is 10.2. The standard InChI is InChI=1S/C16H19N3OS/c20-16(19-13-4-1-2-5-13)18-11-12-7-8-17-14(10-12)15-6-3-9-21-15/h3,6-10,13H,1-2,4-5,11H2,(H2,18,19,20). The van der Waals surface area contributed by atoms with Crippen molar-refractivity contribution >= 4 is 17.4 Å². The summed E-state index contributed by atoms with van der Waals surface area (Å²) < 4.78 is 0. The van der Waals surface area contributed by atoms with E-state index in [1.165, 1.54) is 12.8 Å². The molecule has 4 nitrogen and oxygen atoms in total. The molecule has 21 heavy (non-hydrogen) atoms. The summed E-state index contributed by atoms with van der Waals surface area (Å²) in [6.45, 7) is 0.527. The predicted molar refractivity (Wildman–Crippen MR) is 85.2 cm³/mol. The number of carbonyl (C=O) groups excluding carboxylic acids is 1. The number of nitrogens with zero attached hydrogens (tertiary/aromatic N) is 1. The van der Waals surface area contributed by atoms with Crippen LogP contribution in [0, 0.1) is 0 Å². The Morgan fingerprint density at radius 2 is 2.19 bits per heavy atom. The molecule has 0 bridgehead atoms. The summed E-state index contributed by atoms with van der Waals surface area (Å²) in [4.78, 5) is 17.4. The maximum Gasteiger partial charge on any atom is 0.315 e. The summed E-state index contributed by atoms with van der Waals surface area (Å²) in [5, 5.41) is 7.99. The second-order valence-electron chi connectivity index (χ2n) is 5.34. The molecule has 1 fully saturated rings.